The van der Waals surface area contributed by atoms with Crippen LogP contribution in [0, 0.1) is 0 Å². The lowest BCUT2D eigenvalue weighted by Gasteiger charge is -2.34. The lowest BCUT2D eigenvalue weighted by molar-refractivity contribution is 0.0517. The van der Waals surface area contributed by atoms with Gasteiger partial charge >= 0.3 is 0 Å². The Hall–Kier alpha value is -3.91. The van der Waals surface area contributed by atoms with Crippen molar-refractivity contribution >= 4 is 34.4 Å². The Balaban J connectivity index is 1.42. The summed E-state index contributed by atoms with van der Waals surface area (Å²) in [6.45, 7) is 1.63. The molecule has 0 atom stereocenters. The van der Waals surface area contributed by atoms with Crippen molar-refractivity contribution in [3.63, 3.8) is 0 Å². The van der Waals surface area contributed by atoms with E-state index in [0.717, 1.165) is 5.56 Å². The minimum Gasteiger partial charge on any atom is -0.459 e. The molecule has 34 heavy (non-hydrogen) atoms. The van der Waals surface area contributed by atoms with Crippen LogP contribution in [0.3, 0.4) is 0 Å². The molecule has 0 saturated carbocycles. The second kappa shape index (κ2) is 9.15. The topological polar surface area (TPSA) is 88.7 Å². The third-order valence-corrected chi connectivity index (χ3v) is 6.17. The van der Waals surface area contributed by atoms with Crippen molar-refractivity contribution in [1.29, 1.82) is 0 Å². The van der Waals surface area contributed by atoms with Crippen molar-refractivity contribution in [3.05, 3.63) is 99.3 Å². The number of rotatable bonds is 4. The van der Waals surface area contributed by atoms with Gasteiger partial charge in [-0.3, -0.25) is 19.0 Å². The molecule has 1 aromatic carbocycles. The molecule has 0 aliphatic carbocycles. The van der Waals surface area contributed by atoms with Crippen LogP contribution >= 0.6 is 11.6 Å². The molecule has 0 spiro atoms. The third kappa shape index (κ3) is 4.20. The Morgan fingerprint density at radius 1 is 0.941 bits per heavy atom. The second-order valence-electron chi connectivity index (χ2n) is 8.05. The fraction of sp³-hybridized carbons (Fsp3) is 0.200. The smallest absolute Gasteiger partial charge is 0.289 e. The predicted molar refractivity (Wildman–Crippen MR) is 127 cm³/mol. The van der Waals surface area contributed by atoms with Gasteiger partial charge in [-0.1, -0.05) is 23.7 Å². The van der Waals surface area contributed by atoms with Gasteiger partial charge in [0.05, 0.1) is 12.8 Å². The number of piperazine rings is 1. The van der Waals surface area contributed by atoms with Gasteiger partial charge in [-0.05, 0) is 48.0 Å². The summed E-state index contributed by atoms with van der Waals surface area (Å²) in [4.78, 5) is 47.0. The largest absolute Gasteiger partial charge is 0.459 e. The van der Waals surface area contributed by atoms with Crippen LogP contribution in [-0.4, -0.2) is 57.3 Å². The Kier molecular flexibility index (Phi) is 5.90. The molecule has 1 saturated heterocycles. The van der Waals surface area contributed by atoms with E-state index >= 15 is 0 Å². The summed E-state index contributed by atoms with van der Waals surface area (Å²) in [7, 11) is 0. The number of halogens is 1. The third-order valence-electron chi connectivity index (χ3n) is 5.92. The Bertz CT molecular complexity index is 1410. The van der Waals surface area contributed by atoms with Crippen LogP contribution in [0.15, 0.2) is 76.3 Å². The Morgan fingerprint density at radius 3 is 2.32 bits per heavy atom. The fourth-order valence-electron chi connectivity index (χ4n) is 4.12. The predicted octanol–water partition coefficient (Wildman–Crippen LogP) is 3.29. The van der Waals surface area contributed by atoms with E-state index in [9.17, 15) is 14.4 Å². The molecule has 4 aromatic rings. The Labute approximate surface area is 200 Å². The van der Waals surface area contributed by atoms with E-state index in [2.05, 4.69) is 4.98 Å². The molecular weight excluding hydrogens is 456 g/mol. The molecule has 0 bridgehead atoms. The first-order chi connectivity index (χ1) is 16.5. The summed E-state index contributed by atoms with van der Waals surface area (Å²) in [5, 5.41) is 1.30. The van der Waals surface area contributed by atoms with Gasteiger partial charge in [-0.15, -0.1) is 0 Å². The van der Waals surface area contributed by atoms with Crippen LogP contribution in [0.25, 0.3) is 11.0 Å². The molecule has 1 fully saturated rings. The summed E-state index contributed by atoms with van der Waals surface area (Å²) < 4.78 is 6.70. The summed E-state index contributed by atoms with van der Waals surface area (Å²) in [5.41, 5.74) is 1.06. The van der Waals surface area contributed by atoms with Crippen LogP contribution in [0.4, 0.5) is 0 Å². The summed E-state index contributed by atoms with van der Waals surface area (Å²) in [5.74, 6) is -0.295. The van der Waals surface area contributed by atoms with Gasteiger partial charge in [0.1, 0.15) is 11.2 Å². The molecule has 1 aliphatic heterocycles. The van der Waals surface area contributed by atoms with E-state index in [1.807, 2.05) is 18.2 Å². The van der Waals surface area contributed by atoms with Gasteiger partial charge in [0, 0.05) is 42.8 Å². The number of fused-ring (bicyclic) bond motifs is 1. The highest BCUT2D eigenvalue weighted by Gasteiger charge is 2.28. The number of pyridine rings is 2. The zero-order chi connectivity index (χ0) is 23.7. The number of hydrogen-bond acceptors (Lipinski definition) is 5. The maximum atomic E-state index is 13.4. The van der Waals surface area contributed by atoms with Crippen molar-refractivity contribution in [2.75, 3.05) is 26.2 Å². The number of carbonyl (C=O) groups is 2. The van der Waals surface area contributed by atoms with Gasteiger partial charge < -0.3 is 14.2 Å². The lowest BCUT2D eigenvalue weighted by Crippen LogP contribution is -2.51. The zero-order valence-electron chi connectivity index (χ0n) is 18.2. The number of aromatic nitrogens is 2. The van der Waals surface area contributed by atoms with Crippen LogP contribution in [0.2, 0.25) is 5.02 Å². The lowest BCUT2D eigenvalue weighted by atomic mass is 10.1. The molecule has 172 valence electrons. The normalized spacial score (nSPS) is 13.9. The van der Waals surface area contributed by atoms with Crippen LogP contribution < -0.4 is 5.56 Å². The summed E-state index contributed by atoms with van der Waals surface area (Å²) in [6.07, 6.45) is 3.08. The second-order valence-corrected chi connectivity index (χ2v) is 8.49. The van der Waals surface area contributed by atoms with Crippen molar-refractivity contribution < 1.29 is 14.0 Å². The van der Waals surface area contributed by atoms with Crippen molar-refractivity contribution in [3.8, 4) is 0 Å². The average molecular weight is 477 g/mol. The monoisotopic (exact) mass is 476 g/mol. The number of furan rings is 1. The average Bonchev–Trinajstić information content (AvgIpc) is 3.41. The molecule has 3 aromatic heterocycles. The number of amides is 2. The standard InChI is InChI=1S/C25H21ClN4O4/c26-19-7-5-17(6-8-19)16-30-22-18(3-1-9-27-22)15-20(24(30)32)23(31)28-10-12-29(13-11-28)25(33)21-4-2-14-34-21/h1-9,14-15H,10-13,16H2. The van der Waals surface area contributed by atoms with E-state index in [0.29, 0.717) is 42.2 Å². The van der Waals surface area contributed by atoms with Gasteiger partial charge in [0.2, 0.25) is 0 Å². The SMILES string of the molecule is O=C(c1ccco1)N1CCN(C(=O)c2cc3cccnc3n(Cc3ccc(Cl)cc3)c2=O)CC1. The van der Waals surface area contributed by atoms with Crippen LogP contribution in [0.5, 0.6) is 0 Å². The van der Waals surface area contributed by atoms with Crippen molar-refractivity contribution in [1.82, 2.24) is 19.4 Å². The van der Waals surface area contributed by atoms with Gasteiger partial charge in [-0.25, -0.2) is 4.98 Å². The minimum absolute atomic E-state index is 0.0836. The number of carbonyl (C=O) groups excluding carboxylic acids is 2. The van der Waals surface area contributed by atoms with Crippen molar-refractivity contribution in [2.24, 2.45) is 0 Å². The Morgan fingerprint density at radius 2 is 1.65 bits per heavy atom. The minimum atomic E-state index is -0.403. The van der Waals surface area contributed by atoms with Gasteiger partial charge in [0.15, 0.2) is 5.76 Å². The first-order valence-electron chi connectivity index (χ1n) is 10.9. The molecular formula is C25H21ClN4O4. The zero-order valence-corrected chi connectivity index (χ0v) is 18.9. The highest BCUT2D eigenvalue weighted by Crippen LogP contribution is 2.17. The molecule has 0 N–H and O–H groups in total. The number of benzene rings is 1. The van der Waals surface area contributed by atoms with Gasteiger partial charge in [0.25, 0.3) is 17.4 Å². The first-order valence-corrected chi connectivity index (χ1v) is 11.2. The molecule has 9 heteroatoms. The number of hydrogen-bond donors (Lipinski definition) is 0. The molecule has 0 unspecified atom stereocenters. The molecule has 0 radical (unpaired) electrons. The summed E-state index contributed by atoms with van der Waals surface area (Å²) in [6, 6.07) is 15.7. The maximum Gasteiger partial charge on any atom is 0.289 e. The number of nitrogens with zero attached hydrogens (tertiary/aromatic N) is 4. The van der Waals surface area contributed by atoms with E-state index < -0.39 is 5.56 Å². The molecule has 5 rings (SSSR count). The van der Waals surface area contributed by atoms with Crippen LogP contribution in [0.1, 0.15) is 26.5 Å². The first kappa shape index (κ1) is 21.9. The van der Waals surface area contributed by atoms with E-state index in [1.165, 1.54) is 10.8 Å². The molecule has 1 aliphatic rings. The quantitative estimate of drug-likeness (QED) is 0.451. The van der Waals surface area contributed by atoms with E-state index in [1.54, 1.807) is 52.4 Å². The summed E-state index contributed by atoms with van der Waals surface area (Å²) >= 11 is 5.99. The van der Waals surface area contributed by atoms with Crippen LogP contribution in [-0.2, 0) is 6.54 Å². The maximum absolute atomic E-state index is 13.4. The fourth-order valence-corrected chi connectivity index (χ4v) is 4.24. The highest BCUT2D eigenvalue weighted by molar-refractivity contribution is 6.30. The van der Waals surface area contributed by atoms with Crippen molar-refractivity contribution in [2.45, 2.75) is 6.54 Å². The molecule has 2 amide bonds. The van der Waals surface area contributed by atoms with E-state index in [4.69, 9.17) is 16.0 Å². The molecule has 4 heterocycles. The molecule has 8 nitrogen and oxygen atoms in total. The highest BCUT2D eigenvalue weighted by atomic mass is 35.5. The van der Waals surface area contributed by atoms with E-state index in [-0.39, 0.29) is 29.7 Å². The van der Waals surface area contributed by atoms with Gasteiger partial charge in [-0.2, -0.15) is 0 Å².